The fourth-order valence-electron chi connectivity index (χ4n) is 1.83. The molecule has 3 rings (SSSR count). The van der Waals surface area contributed by atoms with E-state index < -0.39 is 0 Å². The summed E-state index contributed by atoms with van der Waals surface area (Å²) in [5, 5.41) is 7.21. The average Bonchev–Trinajstić information content (AvgIpc) is 3.04. The van der Waals surface area contributed by atoms with Gasteiger partial charge in [-0.15, -0.1) is 5.10 Å². The Morgan fingerprint density at radius 3 is 2.71 bits per heavy atom. The third kappa shape index (κ3) is 1.27. The van der Waals surface area contributed by atoms with Gasteiger partial charge in [0.1, 0.15) is 0 Å². The van der Waals surface area contributed by atoms with Gasteiger partial charge >= 0.3 is 0 Å². The molecule has 0 aromatic carbocycles. The molecule has 0 amide bonds. The highest BCUT2D eigenvalue weighted by Crippen LogP contribution is 2.39. The van der Waals surface area contributed by atoms with Crippen molar-refractivity contribution in [1.29, 1.82) is 0 Å². The van der Waals surface area contributed by atoms with E-state index in [1.807, 2.05) is 0 Å². The van der Waals surface area contributed by atoms with E-state index in [2.05, 4.69) is 26.7 Å². The van der Waals surface area contributed by atoms with Crippen LogP contribution in [0.1, 0.15) is 31.7 Å². The number of aromatic amines is 1. The molecule has 1 aromatic heterocycles. The van der Waals surface area contributed by atoms with Crippen LogP contribution in [0.5, 0.6) is 0 Å². The van der Waals surface area contributed by atoms with E-state index in [0.717, 1.165) is 10.7 Å². The van der Waals surface area contributed by atoms with Crippen LogP contribution in [0, 0.1) is 4.77 Å². The van der Waals surface area contributed by atoms with Crippen molar-refractivity contribution in [2.45, 2.75) is 37.8 Å². The molecule has 1 aromatic rings. The molecule has 1 N–H and O–H groups in total. The Balaban J connectivity index is 1.98. The summed E-state index contributed by atoms with van der Waals surface area (Å²) >= 11 is 5.23. The Morgan fingerprint density at radius 2 is 2.14 bits per heavy atom. The minimum Gasteiger partial charge on any atom is -0.341 e. The van der Waals surface area contributed by atoms with E-state index in [9.17, 15) is 0 Å². The quantitative estimate of drug-likeness (QED) is 0.774. The van der Waals surface area contributed by atoms with Crippen LogP contribution in [-0.4, -0.2) is 27.9 Å². The predicted molar refractivity (Wildman–Crippen MR) is 57.1 cm³/mol. The van der Waals surface area contributed by atoms with Crippen molar-refractivity contribution in [1.82, 2.24) is 14.8 Å². The van der Waals surface area contributed by atoms with Gasteiger partial charge in [-0.25, -0.2) is 5.10 Å². The molecule has 2 aliphatic carbocycles. The van der Waals surface area contributed by atoms with Crippen LogP contribution in [0.2, 0.25) is 0 Å². The molecule has 0 atom stereocenters. The first kappa shape index (κ1) is 8.47. The number of anilines is 1. The summed E-state index contributed by atoms with van der Waals surface area (Å²) in [5.41, 5.74) is 0. The summed E-state index contributed by atoms with van der Waals surface area (Å²) in [6.45, 7) is 0. The third-order valence-electron chi connectivity index (χ3n) is 3.01. The number of H-pyrrole nitrogens is 1. The van der Waals surface area contributed by atoms with Crippen molar-refractivity contribution < 1.29 is 0 Å². The number of nitrogens with one attached hydrogen (secondary N) is 1. The number of hydrogen-bond acceptors (Lipinski definition) is 3. The molecule has 0 unspecified atom stereocenters. The van der Waals surface area contributed by atoms with Crippen LogP contribution in [0.4, 0.5) is 5.95 Å². The second kappa shape index (κ2) is 2.82. The van der Waals surface area contributed by atoms with Crippen LogP contribution in [0.3, 0.4) is 0 Å². The molecule has 2 fully saturated rings. The molecule has 14 heavy (non-hydrogen) atoms. The maximum absolute atomic E-state index is 5.23. The maximum Gasteiger partial charge on any atom is 0.225 e. The van der Waals surface area contributed by atoms with E-state index in [1.54, 1.807) is 0 Å². The number of aromatic nitrogens is 3. The van der Waals surface area contributed by atoms with Crippen molar-refractivity contribution in [2.75, 3.05) is 11.9 Å². The third-order valence-corrected chi connectivity index (χ3v) is 3.30. The molecule has 5 heteroatoms. The lowest BCUT2D eigenvalue weighted by Gasteiger charge is -2.17. The van der Waals surface area contributed by atoms with Gasteiger partial charge in [0, 0.05) is 19.1 Å². The van der Waals surface area contributed by atoms with Gasteiger partial charge in [0.25, 0.3) is 0 Å². The molecule has 2 aliphatic rings. The number of rotatable bonds is 3. The first-order chi connectivity index (χ1) is 6.77. The van der Waals surface area contributed by atoms with Crippen LogP contribution in [0.25, 0.3) is 0 Å². The Morgan fingerprint density at radius 1 is 1.43 bits per heavy atom. The molecule has 0 saturated heterocycles. The van der Waals surface area contributed by atoms with Gasteiger partial charge in [0.05, 0.1) is 0 Å². The summed E-state index contributed by atoms with van der Waals surface area (Å²) in [7, 11) is 2.11. The van der Waals surface area contributed by atoms with Crippen molar-refractivity contribution >= 4 is 18.2 Å². The highest BCUT2D eigenvalue weighted by Gasteiger charge is 2.33. The topological polar surface area (TPSA) is 36.9 Å². The van der Waals surface area contributed by atoms with Gasteiger partial charge in [0.15, 0.2) is 4.77 Å². The smallest absolute Gasteiger partial charge is 0.225 e. The van der Waals surface area contributed by atoms with Crippen molar-refractivity contribution in [3.63, 3.8) is 0 Å². The van der Waals surface area contributed by atoms with E-state index in [4.69, 9.17) is 12.2 Å². The summed E-state index contributed by atoms with van der Waals surface area (Å²) in [6.07, 6.45) is 5.08. The summed E-state index contributed by atoms with van der Waals surface area (Å²) in [4.78, 5) is 2.25. The van der Waals surface area contributed by atoms with E-state index >= 15 is 0 Å². The largest absolute Gasteiger partial charge is 0.341 e. The average molecular weight is 210 g/mol. The van der Waals surface area contributed by atoms with Gasteiger partial charge < -0.3 is 4.90 Å². The van der Waals surface area contributed by atoms with Crippen LogP contribution >= 0.6 is 12.2 Å². The molecule has 1 heterocycles. The van der Waals surface area contributed by atoms with Gasteiger partial charge in [-0.3, -0.25) is 4.57 Å². The lowest BCUT2D eigenvalue weighted by molar-refractivity contribution is 0.699. The molecule has 2 saturated carbocycles. The molecule has 0 bridgehead atoms. The van der Waals surface area contributed by atoms with Gasteiger partial charge in [0.2, 0.25) is 5.95 Å². The monoisotopic (exact) mass is 210 g/mol. The van der Waals surface area contributed by atoms with Gasteiger partial charge in [-0.2, -0.15) is 0 Å². The summed E-state index contributed by atoms with van der Waals surface area (Å²) < 4.78 is 2.95. The van der Waals surface area contributed by atoms with Crippen molar-refractivity contribution in [2.24, 2.45) is 0 Å². The second-order valence-electron chi connectivity index (χ2n) is 4.27. The standard InChI is InChI=1S/C9H14N4S/c1-12(6-2-3-6)8-10-11-9(14)13(8)7-4-5-7/h6-7H,2-5H2,1H3,(H,11,14). The predicted octanol–water partition coefficient (Wildman–Crippen LogP) is 1.87. The van der Waals surface area contributed by atoms with Gasteiger partial charge in [-0.05, 0) is 37.9 Å². The van der Waals surface area contributed by atoms with E-state index in [-0.39, 0.29) is 0 Å². The zero-order valence-corrected chi connectivity index (χ0v) is 9.05. The minimum atomic E-state index is 0.609. The first-order valence-corrected chi connectivity index (χ1v) is 5.58. The summed E-state index contributed by atoms with van der Waals surface area (Å²) in [5.74, 6) is 1.03. The Hall–Kier alpha value is -0.840. The zero-order chi connectivity index (χ0) is 9.71. The van der Waals surface area contributed by atoms with Crippen LogP contribution in [-0.2, 0) is 0 Å². The second-order valence-corrected chi connectivity index (χ2v) is 4.66. The van der Waals surface area contributed by atoms with E-state index in [1.165, 1.54) is 25.7 Å². The first-order valence-electron chi connectivity index (χ1n) is 5.17. The molecule has 0 spiro atoms. The number of nitrogens with zero attached hydrogens (tertiary/aromatic N) is 3. The fourth-order valence-corrected chi connectivity index (χ4v) is 2.11. The highest BCUT2D eigenvalue weighted by molar-refractivity contribution is 7.71. The molecular weight excluding hydrogens is 196 g/mol. The molecule has 76 valence electrons. The SMILES string of the molecule is CN(c1n[nH]c(=S)n1C1CC1)C1CC1. The molecule has 0 radical (unpaired) electrons. The van der Waals surface area contributed by atoms with Crippen molar-refractivity contribution in [3.05, 3.63) is 4.77 Å². The van der Waals surface area contributed by atoms with Crippen LogP contribution in [0.15, 0.2) is 0 Å². The summed E-state index contributed by atoms with van der Waals surface area (Å²) in [6, 6.07) is 1.30. The van der Waals surface area contributed by atoms with Gasteiger partial charge in [-0.1, -0.05) is 0 Å². The Kier molecular flexibility index (Phi) is 1.71. The molecule has 0 aliphatic heterocycles. The Labute approximate surface area is 87.9 Å². The van der Waals surface area contributed by atoms with Crippen molar-refractivity contribution in [3.8, 4) is 0 Å². The minimum absolute atomic E-state index is 0.609. The molecule has 4 nitrogen and oxygen atoms in total. The Bertz CT molecular complexity index is 399. The van der Waals surface area contributed by atoms with E-state index in [0.29, 0.717) is 12.1 Å². The lowest BCUT2D eigenvalue weighted by Crippen LogP contribution is -2.23. The van der Waals surface area contributed by atoms with Crippen LogP contribution < -0.4 is 4.90 Å². The normalized spacial score (nSPS) is 21.2. The lowest BCUT2D eigenvalue weighted by atomic mass is 10.5. The fraction of sp³-hybridized carbons (Fsp3) is 0.778. The molecular formula is C9H14N4S. The maximum atomic E-state index is 5.23. The number of hydrogen-bond donors (Lipinski definition) is 1. The highest BCUT2D eigenvalue weighted by atomic mass is 32.1. The zero-order valence-electron chi connectivity index (χ0n) is 8.23.